The number of imidazole rings is 1. The minimum Gasteiger partial charge on any atom is -0.507 e. The fourth-order valence-corrected chi connectivity index (χ4v) is 1.13. The molecule has 0 aliphatic carbocycles. The molecule has 1 aromatic carbocycles. The molecule has 2 rings (SSSR count). The van der Waals surface area contributed by atoms with Crippen LogP contribution in [0.25, 0.3) is 11.3 Å². The first-order valence-corrected chi connectivity index (χ1v) is 3.74. The lowest BCUT2D eigenvalue weighted by Gasteiger charge is -2.00. The van der Waals surface area contributed by atoms with Crippen molar-refractivity contribution < 1.29 is 9.50 Å². The maximum atomic E-state index is 12.8. The molecular weight excluding hydrogens is 171 g/mol. The molecule has 1 heterocycles. The van der Waals surface area contributed by atoms with Gasteiger partial charge in [-0.3, -0.25) is 0 Å². The van der Waals surface area contributed by atoms with E-state index in [9.17, 15) is 9.50 Å². The van der Waals surface area contributed by atoms with Crippen LogP contribution in [0.15, 0.2) is 30.7 Å². The van der Waals surface area contributed by atoms with E-state index in [1.54, 1.807) is 0 Å². The molecule has 3 nitrogen and oxygen atoms in total. The Kier molecular flexibility index (Phi) is 1.73. The molecule has 0 bridgehead atoms. The van der Waals surface area contributed by atoms with E-state index in [1.165, 1.54) is 30.7 Å². The summed E-state index contributed by atoms with van der Waals surface area (Å²) in [5, 5.41) is 9.39. The minimum atomic E-state index is -0.387. The second-order valence-corrected chi connectivity index (χ2v) is 2.63. The quantitative estimate of drug-likeness (QED) is 0.700. The van der Waals surface area contributed by atoms with Gasteiger partial charge >= 0.3 is 0 Å². The van der Waals surface area contributed by atoms with Gasteiger partial charge in [0.1, 0.15) is 11.6 Å². The van der Waals surface area contributed by atoms with E-state index in [4.69, 9.17) is 0 Å². The Balaban J connectivity index is 2.57. The maximum Gasteiger partial charge on any atom is 0.125 e. The molecule has 0 amide bonds. The first-order chi connectivity index (χ1) is 6.27. The molecule has 0 saturated carbocycles. The topological polar surface area (TPSA) is 48.9 Å². The lowest BCUT2D eigenvalue weighted by atomic mass is 10.1. The average Bonchev–Trinajstić information content (AvgIpc) is 2.61. The number of hydrogen-bond acceptors (Lipinski definition) is 2. The minimum absolute atomic E-state index is 0.0330. The predicted octanol–water partition coefficient (Wildman–Crippen LogP) is 1.92. The van der Waals surface area contributed by atoms with Gasteiger partial charge in [0.2, 0.25) is 0 Å². The summed E-state index contributed by atoms with van der Waals surface area (Å²) in [4.78, 5) is 6.56. The summed E-state index contributed by atoms with van der Waals surface area (Å²) in [6.07, 6.45) is 2.99. The summed E-state index contributed by atoms with van der Waals surface area (Å²) in [5.74, 6) is -0.354. The molecule has 2 N–H and O–H groups in total. The van der Waals surface area contributed by atoms with Crippen LogP contribution in [0, 0.1) is 5.82 Å². The van der Waals surface area contributed by atoms with E-state index >= 15 is 0 Å². The molecule has 0 atom stereocenters. The highest BCUT2D eigenvalue weighted by Gasteiger charge is 2.05. The van der Waals surface area contributed by atoms with E-state index < -0.39 is 0 Å². The smallest absolute Gasteiger partial charge is 0.125 e. The van der Waals surface area contributed by atoms with Crippen molar-refractivity contribution in [2.24, 2.45) is 0 Å². The van der Waals surface area contributed by atoms with Crippen LogP contribution in [0.4, 0.5) is 4.39 Å². The van der Waals surface area contributed by atoms with Crippen molar-refractivity contribution in [3.63, 3.8) is 0 Å². The highest BCUT2D eigenvalue weighted by Crippen LogP contribution is 2.27. The largest absolute Gasteiger partial charge is 0.507 e. The number of aromatic amines is 1. The number of nitrogens with zero attached hydrogens (tertiary/aromatic N) is 1. The molecule has 2 aromatic rings. The number of nitrogens with one attached hydrogen (secondary N) is 1. The predicted molar refractivity (Wildman–Crippen MR) is 45.6 cm³/mol. The summed E-state index contributed by atoms with van der Waals surface area (Å²) < 4.78 is 12.8. The molecule has 1 aromatic heterocycles. The Bertz CT molecular complexity index is 412. The summed E-state index contributed by atoms with van der Waals surface area (Å²) in [6.45, 7) is 0. The summed E-state index contributed by atoms with van der Waals surface area (Å²) in [6, 6.07) is 3.77. The van der Waals surface area contributed by atoms with E-state index in [-0.39, 0.29) is 11.6 Å². The Labute approximate surface area is 73.9 Å². The number of hydrogen-bond donors (Lipinski definition) is 2. The lowest BCUT2D eigenvalue weighted by molar-refractivity contribution is 0.475. The van der Waals surface area contributed by atoms with Crippen LogP contribution in [-0.2, 0) is 0 Å². The molecule has 4 heteroatoms. The van der Waals surface area contributed by atoms with Gasteiger partial charge < -0.3 is 10.1 Å². The van der Waals surface area contributed by atoms with Crippen LogP contribution in [0.5, 0.6) is 5.75 Å². The van der Waals surface area contributed by atoms with Crippen LogP contribution >= 0.6 is 0 Å². The Hall–Kier alpha value is -1.84. The summed E-state index contributed by atoms with van der Waals surface area (Å²) in [5.41, 5.74) is 1.01. The third-order valence-electron chi connectivity index (χ3n) is 1.75. The fourth-order valence-electron chi connectivity index (χ4n) is 1.13. The summed E-state index contributed by atoms with van der Waals surface area (Å²) >= 11 is 0. The Morgan fingerprint density at radius 2 is 2.23 bits per heavy atom. The van der Waals surface area contributed by atoms with Crippen LogP contribution in [0.3, 0.4) is 0 Å². The van der Waals surface area contributed by atoms with E-state index in [2.05, 4.69) is 9.97 Å². The molecule has 66 valence electrons. The number of aromatic nitrogens is 2. The van der Waals surface area contributed by atoms with Gasteiger partial charge in [0.15, 0.2) is 0 Å². The van der Waals surface area contributed by atoms with Gasteiger partial charge in [0.25, 0.3) is 0 Å². The zero-order valence-electron chi connectivity index (χ0n) is 6.66. The molecule has 13 heavy (non-hydrogen) atoms. The normalized spacial score (nSPS) is 10.2. The van der Waals surface area contributed by atoms with Crippen molar-refractivity contribution >= 4 is 0 Å². The van der Waals surface area contributed by atoms with E-state index in [0.717, 1.165) is 0 Å². The van der Waals surface area contributed by atoms with Crippen LogP contribution in [-0.4, -0.2) is 15.1 Å². The number of aromatic hydroxyl groups is 1. The SMILES string of the molecule is Oc1ccc(F)cc1-c1cnc[nH]1. The lowest BCUT2D eigenvalue weighted by Crippen LogP contribution is -1.81. The van der Waals surface area contributed by atoms with Crippen molar-refractivity contribution in [1.29, 1.82) is 0 Å². The first-order valence-electron chi connectivity index (χ1n) is 3.74. The Morgan fingerprint density at radius 3 is 2.92 bits per heavy atom. The van der Waals surface area contributed by atoms with Crippen molar-refractivity contribution in [3.8, 4) is 17.0 Å². The van der Waals surface area contributed by atoms with Crippen molar-refractivity contribution in [1.82, 2.24) is 9.97 Å². The monoisotopic (exact) mass is 178 g/mol. The standard InChI is InChI=1S/C9H7FN2O/c10-6-1-2-9(13)7(3-6)8-4-11-5-12-8/h1-5,13H,(H,11,12). The van der Waals surface area contributed by atoms with Gasteiger partial charge in [-0.15, -0.1) is 0 Å². The molecule has 0 aliphatic rings. The Morgan fingerprint density at radius 1 is 1.38 bits per heavy atom. The molecule has 0 saturated heterocycles. The first kappa shape index (κ1) is 7.79. The zero-order valence-corrected chi connectivity index (χ0v) is 6.66. The molecule has 0 radical (unpaired) electrons. The molecule has 0 fully saturated rings. The van der Waals surface area contributed by atoms with Crippen molar-refractivity contribution in [3.05, 3.63) is 36.5 Å². The van der Waals surface area contributed by atoms with Gasteiger partial charge in [-0.25, -0.2) is 9.37 Å². The van der Waals surface area contributed by atoms with Gasteiger partial charge in [-0.05, 0) is 18.2 Å². The number of halogens is 1. The van der Waals surface area contributed by atoms with Gasteiger partial charge in [0.05, 0.1) is 18.2 Å². The van der Waals surface area contributed by atoms with E-state index in [1.807, 2.05) is 0 Å². The van der Waals surface area contributed by atoms with Crippen LogP contribution in [0.2, 0.25) is 0 Å². The van der Waals surface area contributed by atoms with Gasteiger partial charge in [-0.2, -0.15) is 0 Å². The number of rotatable bonds is 1. The van der Waals surface area contributed by atoms with Crippen LogP contribution < -0.4 is 0 Å². The molecule has 0 aliphatic heterocycles. The summed E-state index contributed by atoms with van der Waals surface area (Å²) in [7, 11) is 0. The number of phenols is 1. The molecule has 0 unspecified atom stereocenters. The fraction of sp³-hybridized carbons (Fsp3) is 0. The van der Waals surface area contributed by atoms with E-state index in [0.29, 0.717) is 11.3 Å². The van der Waals surface area contributed by atoms with Crippen molar-refractivity contribution in [2.45, 2.75) is 0 Å². The second kappa shape index (κ2) is 2.90. The highest BCUT2D eigenvalue weighted by atomic mass is 19.1. The number of benzene rings is 1. The number of phenolic OH excluding ortho intramolecular Hbond substituents is 1. The molecule has 0 spiro atoms. The highest BCUT2D eigenvalue weighted by molar-refractivity contribution is 5.65. The van der Waals surface area contributed by atoms with Gasteiger partial charge in [-0.1, -0.05) is 0 Å². The van der Waals surface area contributed by atoms with Gasteiger partial charge in [0, 0.05) is 5.56 Å². The average molecular weight is 178 g/mol. The van der Waals surface area contributed by atoms with Crippen molar-refractivity contribution in [2.75, 3.05) is 0 Å². The third kappa shape index (κ3) is 1.38. The third-order valence-corrected chi connectivity index (χ3v) is 1.75. The maximum absolute atomic E-state index is 12.8. The molecular formula is C9H7FN2O. The second-order valence-electron chi connectivity index (χ2n) is 2.63. The number of H-pyrrole nitrogens is 1. The van der Waals surface area contributed by atoms with Crippen LogP contribution in [0.1, 0.15) is 0 Å². The zero-order chi connectivity index (χ0) is 9.26.